The molecule has 0 saturated carbocycles. The molecule has 20 heavy (non-hydrogen) atoms. The van der Waals surface area contributed by atoms with E-state index in [4.69, 9.17) is 21.4 Å². The predicted molar refractivity (Wildman–Crippen MR) is 73.9 cm³/mol. The smallest absolute Gasteiger partial charge is 0.337 e. The number of carboxylic acids is 1. The molecule has 0 aliphatic carbocycles. The minimum Gasteiger partial charge on any atom is -0.489 e. The van der Waals surface area contributed by atoms with Crippen LogP contribution in [-0.4, -0.2) is 11.1 Å². The number of carbonyl (C=O) groups is 1. The first kappa shape index (κ1) is 14.3. The fourth-order valence-corrected chi connectivity index (χ4v) is 1.94. The number of hydrogen-bond donors (Lipinski definition) is 1. The van der Waals surface area contributed by atoms with Gasteiger partial charge in [-0.05, 0) is 48.4 Å². The summed E-state index contributed by atoms with van der Waals surface area (Å²) in [5, 5.41) is 9.12. The Morgan fingerprint density at radius 1 is 1.30 bits per heavy atom. The van der Waals surface area contributed by atoms with E-state index in [-0.39, 0.29) is 23.0 Å². The molecular formula is C15H12ClFO3. The Kier molecular flexibility index (Phi) is 4.25. The van der Waals surface area contributed by atoms with Gasteiger partial charge in [0.1, 0.15) is 18.2 Å². The van der Waals surface area contributed by atoms with Crippen molar-refractivity contribution in [2.24, 2.45) is 0 Å². The average Bonchev–Trinajstić information content (AvgIpc) is 2.39. The van der Waals surface area contributed by atoms with E-state index >= 15 is 0 Å². The van der Waals surface area contributed by atoms with Gasteiger partial charge in [-0.2, -0.15) is 0 Å². The lowest BCUT2D eigenvalue weighted by atomic mass is 10.1. The van der Waals surface area contributed by atoms with Crippen LogP contribution in [0, 0.1) is 12.7 Å². The number of hydrogen-bond acceptors (Lipinski definition) is 2. The van der Waals surface area contributed by atoms with Crippen molar-refractivity contribution < 1.29 is 19.0 Å². The molecule has 3 nitrogen and oxygen atoms in total. The maximum atomic E-state index is 13.0. The van der Waals surface area contributed by atoms with Crippen molar-refractivity contribution in [3.05, 3.63) is 63.9 Å². The molecule has 2 rings (SSSR count). The van der Waals surface area contributed by atoms with Crippen molar-refractivity contribution in [3.8, 4) is 5.75 Å². The van der Waals surface area contributed by atoms with Gasteiger partial charge in [-0.1, -0.05) is 17.7 Å². The third-order valence-corrected chi connectivity index (χ3v) is 3.20. The number of aromatic carboxylic acids is 1. The summed E-state index contributed by atoms with van der Waals surface area (Å²) < 4.78 is 18.5. The van der Waals surface area contributed by atoms with Gasteiger partial charge in [0.15, 0.2) is 0 Å². The van der Waals surface area contributed by atoms with Crippen LogP contribution in [-0.2, 0) is 6.61 Å². The highest BCUT2D eigenvalue weighted by Crippen LogP contribution is 2.23. The summed E-state index contributed by atoms with van der Waals surface area (Å²) in [5.41, 5.74) is 1.59. The third-order valence-electron chi connectivity index (χ3n) is 2.87. The summed E-state index contributed by atoms with van der Waals surface area (Å²) in [5.74, 6) is -1.01. The highest BCUT2D eigenvalue weighted by molar-refractivity contribution is 6.33. The van der Waals surface area contributed by atoms with E-state index in [2.05, 4.69) is 0 Å². The maximum Gasteiger partial charge on any atom is 0.337 e. The summed E-state index contributed by atoms with van der Waals surface area (Å²) in [4.78, 5) is 11.0. The van der Waals surface area contributed by atoms with Crippen LogP contribution in [0.4, 0.5) is 4.39 Å². The minimum atomic E-state index is -1.11. The standard InChI is InChI=1S/C15H12ClFO3/c1-9-6-11(17)3-2-10(9)8-20-12-4-5-14(16)13(7-12)15(18)19/h2-7H,8H2,1H3,(H,18,19). The van der Waals surface area contributed by atoms with Gasteiger partial charge in [-0.15, -0.1) is 0 Å². The van der Waals surface area contributed by atoms with Gasteiger partial charge >= 0.3 is 5.97 Å². The molecule has 0 aliphatic heterocycles. The van der Waals surface area contributed by atoms with E-state index < -0.39 is 5.97 Å². The van der Waals surface area contributed by atoms with Crippen molar-refractivity contribution in [2.75, 3.05) is 0 Å². The van der Waals surface area contributed by atoms with E-state index in [0.29, 0.717) is 5.75 Å². The van der Waals surface area contributed by atoms with Crippen LogP contribution in [0.5, 0.6) is 5.75 Å². The lowest BCUT2D eigenvalue weighted by Crippen LogP contribution is -2.01. The summed E-state index contributed by atoms with van der Waals surface area (Å²) in [6.07, 6.45) is 0. The van der Waals surface area contributed by atoms with Crippen molar-refractivity contribution in [3.63, 3.8) is 0 Å². The van der Waals surface area contributed by atoms with Crippen molar-refractivity contribution in [1.29, 1.82) is 0 Å². The average molecular weight is 295 g/mol. The second-order valence-electron chi connectivity index (χ2n) is 4.31. The molecule has 0 bridgehead atoms. The Morgan fingerprint density at radius 3 is 2.70 bits per heavy atom. The van der Waals surface area contributed by atoms with Gasteiger partial charge in [0.2, 0.25) is 0 Å². The van der Waals surface area contributed by atoms with Gasteiger partial charge in [-0.25, -0.2) is 9.18 Å². The molecule has 2 aromatic carbocycles. The zero-order chi connectivity index (χ0) is 14.7. The van der Waals surface area contributed by atoms with Crippen LogP contribution < -0.4 is 4.74 Å². The molecule has 104 valence electrons. The number of ether oxygens (including phenoxy) is 1. The molecule has 2 aromatic rings. The van der Waals surface area contributed by atoms with Gasteiger partial charge in [0, 0.05) is 0 Å². The van der Waals surface area contributed by atoms with E-state index in [1.54, 1.807) is 19.1 Å². The molecule has 0 spiro atoms. The lowest BCUT2D eigenvalue weighted by Gasteiger charge is -2.10. The summed E-state index contributed by atoms with van der Waals surface area (Å²) in [7, 11) is 0. The zero-order valence-corrected chi connectivity index (χ0v) is 11.4. The van der Waals surface area contributed by atoms with Gasteiger partial charge < -0.3 is 9.84 Å². The zero-order valence-electron chi connectivity index (χ0n) is 10.7. The van der Waals surface area contributed by atoms with Crippen LogP contribution in [0.1, 0.15) is 21.5 Å². The van der Waals surface area contributed by atoms with Crippen LogP contribution in [0.15, 0.2) is 36.4 Å². The molecule has 0 fully saturated rings. The molecule has 5 heteroatoms. The topological polar surface area (TPSA) is 46.5 Å². The molecule has 0 saturated heterocycles. The summed E-state index contributed by atoms with van der Waals surface area (Å²) in [6, 6.07) is 8.84. The summed E-state index contributed by atoms with van der Waals surface area (Å²) in [6.45, 7) is 2.01. The maximum absolute atomic E-state index is 13.0. The van der Waals surface area contributed by atoms with Crippen molar-refractivity contribution >= 4 is 17.6 Å². The van der Waals surface area contributed by atoms with E-state index in [1.165, 1.54) is 24.3 Å². The SMILES string of the molecule is Cc1cc(F)ccc1COc1ccc(Cl)c(C(=O)O)c1. The number of rotatable bonds is 4. The molecule has 0 aliphatic rings. The largest absolute Gasteiger partial charge is 0.489 e. The number of benzene rings is 2. The van der Waals surface area contributed by atoms with Gasteiger partial charge in [0.05, 0.1) is 10.6 Å². The molecule has 1 N–H and O–H groups in total. The van der Waals surface area contributed by atoms with E-state index in [0.717, 1.165) is 11.1 Å². The summed E-state index contributed by atoms with van der Waals surface area (Å²) >= 11 is 5.77. The predicted octanol–water partition coefficient (Wildman–Crippen LogP) is 4.06. The van der Waals surface area contributed by atoms with Gasteiger partial charge in [-0.3, -0.25) is 0 Å². The minimum absolute atomic E-state index is 0.0139. The van der Waals surface area contributed by atoms with E-state index in [9.17, 15) is 9.18 Å². The molecular weight excluding hydrogens is 283 g/mol. The van der Waals surface area contributed by atoms with E-state index in [1.807, 2.05) is 0 Å². The highest BCUT2D eigenvalue weighted by Gasteiger charge is 2.10. The highest BCUT2D eigenvalue weighted by atomic mass is 35.5. The van der Waals surface area contributed by atoms with Crippen LogP contribution in [0.25, 0.3) is 0 Å². The Bertz CT molecular complexity index is 656. The Labute approximate surface area is 120 Å². The van der Waals surface area contributed by atoms with Crippen LogP contribution in [0.3, 0.4) is 0 Å². The molecule has 0 unspecified atom stereocenters. The van der Waals surface area contributed by atoms with Crippen molar-refractivity contribution in [2.45, 2.75) is 13.5 Å². The Hall–Kier alpha value is -2.07. The number of carboxylic acid groups (broad SMARTS) is 1. The molecule has 0 heterocycles. The van der Waals surface area contributed by atoms with Crippen LogP contribution in [0.2, 0.25) is 5.02 Å². The third kappa shape index (κ3) is 3.27. The number of halogens is 2. The first-order chi connectivity index (χ1) is 9.47. The second kappa shape index (κ2) is 5.92. The fraction of sp³-hybridized carbons (Fsp3) is 0.133. The monoisotopic (exact) mass is 294 g/mol. The Balaban J connectivity index is 2.15. The quantitative estimate of drug-likeness (QED) is 0.925. The van der Waals surface area contributed by atoms with Gasteiger partial charge in [0.25, 0.3) is 0 Å². The first-order valence-electron chi connectivity index (χ1n) is 5.88. The molecule has 0 amide bonds. The Morgan fingerprint density at radius 2 is 2.05 bits per heavy atom. The van der Waals surface area contributed by atoms with Crippen LogP contribution >= 0.6 is 11.6 Å². The lowest BCUT2D eigenvalue weighted by molar-refractivity contribution is 0.0696. The molecule has 0 radical (unpaired) electrons. The molecule has 0 aromatic heterocycles. The second-order valence-corrected chi connectivity index (χ2v) is 4.71. The normalized spacial score (nSPS) is 10.3. The fourth-order valence-electron chi connectivity index (χ4n) is 1.74. The van der Waals surface area contributed by atoms with Crippen molar-refractivity contribution in [1.82, 2.24) is 0 Å². The molecule has 0 atom stereocenters. The number of aryl methyl sites for hydroxylation is 1. The first-order valence-corrected chi connectivity index (χ1v) is 6.26.